The van der Waals surface area contributed by atoms with E-state index in [0.717, 1.165) is 27.7 Å². The zero-order valence-electron chi connectivity index (χ0n) is 11.9. The summed E-state index contributed by atoms with van der Waals surface area (Å²) >= 11 is 6.04. The average molecular weight is 302 g/mol. The van der Waals surface area contributed by atoms with Crippen LogP contribution >= 0.6 is 11.6 Å². The molecule has 0 atom stereocenters. The number of nitrogens with zero attached hydrogens (tertiary/aromatic N) is 2. The van der Waals surface area contributed by atoms with Crippen LogP contribution in [-0.2, 0) is 6.54 Å². The fourth-order valence-electron chi connectivity index (χ4n) is 2.23. The van der Waals surface area contributed by atoms with Crippen LogP contribution in [0.3, 0.4) is 0 Å². The second-order valence-corrected chi connectivity index (χ2v) is 5.24. The summed E-state index contributed by atoms with van der Waals surface area (Å²) in [5.41, 5.74) is 2.83. The molecule has 3 aromatic rings. The summed E-state index contributed by atoms with van der Waals surface area (Å²) in [7, 11) is 1.90. The number of aryl methyl sites for hydroxylation is 1. The SMILES string of the molecule is CNCc1c(Oc2ccc(Cl)c(C)c2)nc2ccccn12. The number of aromatic nitrogens is 2. The molecule has 0 aliphatic heterocycles. The van der Waals surface area contributed by atoms with E-state index >= 15 is 0 Å². The lowest BCUT2D eigenvalue weighted by molar-refractivity contribution is 0.457. The molecular weight excluding hydrogens is 286 g/mol. The van der Waals surface area contributed by atoms with Gasteiger partial charge in [0.1, 0.15) is 17.1 Å². The van der Waals surface area contributed by atoms with Gasteiger partial charge in [-0.05, 0) is 49.9 Å². The highest BCUT2D eigenvalue weighted by Crippen LogP contribution is 2.28. The minimum Gasteiger partial charge on any atom is -0.437 e. The van der Waals surface area contributed by atoms with Crippen molar-refractivity contribution in [2.24, 2.45) is 0 Å². The van der Waals surface area contributed by atoms with Crippen molar-refractivity contribution in [3.8, 4) is 11.6 Å². The highest BCUT2D eigenvalue weighted by Gasteiger charge is 2.13. The quantitative estimate of drug-likeness (QED) is 0.796. The summed E-state index contributed by atoms with van der Waals surface area (Å²) in [6.45, 7) is 2.63. The first-order valence-electron chi connectivity index (χ1n) is 6.73. The predicted octanol–water partition coefficient (Wildman–Crippen LogP) is 3.81. The standard InChI is InChI=1S/C16H16ClN3O/c1-11-9-12(6-7-13(11)17)21-16-14(10-18-2)20-8-4-3-5-15(20)19-16/h3-9,18H,10H2,1-2H3. The monoisotopic (exact) mass is 301 g/mol. The molecule has 0 aliphatic rings. The summed E-state index contributed by atoms with van der Waals surface area (Å²) in [6, 6.07) is 11.5. The van der Waals surface area contributed by atoms with Gasteiger partial charge in [-0.1, -0.05) is 17.7 Å². The molecule has 108 valence electrons. The number of rotatable bonds is 4. The van der Waals surface area contributed by atoms with E-state index < -0.39 is 0 Å². The van der Waals surface area contributed by atoms with E-state index in [1.54, 1.807) is 0 Å². The van der Waals surface area contributed by atoms with E-state index in [0.29, 0.717) is 12.4 Å². The molecule has 3 rings (SSSR count). The molecule has 0 saturated heterocycles. The lowest BCUT2D eigenvalue weighted by Crippen LogP contribution is -2.08. The number of imidazole rings is 1. The zero-order valence-corrected chi connectivity index (χ0v) is 12.7. The van der Waals surface area contributed by atoms with Gasteiger partial charge in [-0.3, -0.25) is 4.40 Å². The molecule has 5 heteroatoms. The average Bonchev–Trinajstić information content (AvgIpc) is 2.81. The van der Waals surface area contributed by atoms with Crippen LogP contribution in [0, 0.1) is 6.92 Å². The Balaban J connectivity index is 2.02. The van der Waals surface area contributed by atoms with Crippen LogP contribution in [0.5, 0.6) is 11.6 Å². The van der Waals surface area contributed by atoms with E-state index in [1.165, 1.54) is 0 Å². The topological polar surface area (TPSA) is 38.6 Å². The number of ether oxygens (including phenoxy) is 1. The Kier molecular flexibility index (Phi) is 3.82. The van der Waals surface area contributed by atoms with Gasteiger partial charge in [0.15, 0.2) is 0 Å². The number of benzene rings is 1. The van der Waals surface area contributed by atoms with Crippen molar-refractivity contribution in [1.29, 1.82) is 0 Å². The lowest BCUT2D eigenvalue weighted by Gasteiger charge is -2.07. The van der Waals surface area contributed by atoms with Crippen molar-refractivity contribution in [1.82, 2.24) is 14.7 Å². The van der Waals surface area contributed by atoms with Crippen molar-refractivity contribution in [3.05, 3.63) is 58.9 Å². The normalized spacial score (nSPS) is 11.0. The first-order chi connectivity index (χ1) is 10.2. The smallest absolute Gasteiger partial charge is 0.242 e. The Morgan fingerprint density at radius 3 is 2.90 bits per heavy atom. The Labute approximate surface area is 128 Å². The maximum absolute atomic E-state index is 6.04. The lowest BCUT2D eigenvalue weighted by atomic mass is 10.2. The maximum atomic E-state index is 6.04. The molecule has 4 nitrogen and oxygen atoms in total. The number of fused-ring (bicyclic) bond motifs is 1. The number of pyridine rings is 1. The molecule has 0 amide bonds. The maximum Gasteiger partial charge on any atom is 0.242 e. The van der Waals surface area contributed by atoms with Gasteiger partial charge in [-0.2, -0.15) is 4.98 Å². The molecule has 1 aromatic carbocycles. The fourth-order valence-corrected chi connectivity index (χ4v) is 2.34. The molecule has 0 unspecified atom stereocenters. The van der Waals surface area contributed by atoms with Gasteiger partial charge in [0.05, 0.1) is 0 Å². The summed E-state index contributed by atoms with van der Waals surface area (Å²) in [6.07, 6.45) is 1.98. The van der Waals surface area contributed by atoms with Crippen molar-refractivity contribution >= 4 is 17.2 Å². The third-order valence-corrected chi connectivity index (χ3v) is 3.70. The molecule has 2 aromatic heterocycles. The number of nitrogens with one attached hydrogen (secondary N) is 1. The second-order valence-electron chi connectivity index (χ2n) is 4.84. The minimum atomic E-state index is 0.609. The van der Waals surface area contributed by atoms with Gasteiger partial charge in [0.2, 0.25) is 5.88 Å². The molecular formula is C16H16ClN3O. The van der Waals surface area contributed by atoms with Crippen molar-refractivity contribution in [2.75, 3.05) is 7.05 Å². The van der Waals surface area contributed by atoms with Gasteiger partial charge in [-0.15, -0.1) is 0 Å². The van der Waals surface area contributed by atoms with Crippen LogP contribution in [0.4, 0.5) is 0 Å². The van der Waals surface area contributed by atoms with Crippen molar-refractivity contribution in [3.63, 3.8) is 0 Å². The third kappa shape index (κ3) is 2.73. The predicted molar refractivity (Wildman–Crippen MR) is 84.2 cm³/mol. The Hall–Kier alpha value is -2.04. The van der Waals surface area contributed by atoms with E-state index in [1.807, 2.05) is 61.0 Å². The molecule has 1 N–H and O–H groups in total. The summed E-state index contributed by atoms with van der Waals surface area (Å²) < 4.78 is 7.97. The van der Waals surface area contributed by atoms with Crippen LogP contribution in [0.2, 0.25) is 5.02 Å². The van der Waals surface area contributed by atoms with Gasteiger partial charge in [-0.25, -0.2) is 0 Å². The first-order valence-corrected chi connectivity index (χ1v) is 7.11. The van der Waals surface area contributed by atoms with E-state index in [4.69, 9.17) is 16.3 Å². The molecule has 2 heterocycles. The van der Waals surface area contributed by atoms with E-state index in [-0.39, 0.29) is 0 Å². The Morgan fingerprint density at radius 1 is 1.29 bits per heavy atom. The molecule has 0 radical (unpaired) electrons. The highest BCUT2D eigenvalue weighted by atomic mass is 35.5. The van der Waals surface area contributed by atoms with Crippen LogP contribution < -0.4 is 10.1 Å². The number of hydrogen-bond donors (Lipinski definition) is 1. The summed E-state index contributed by atoms with van der Waals surface area (Å²) in [5, 5.41) is 3.88. The van der Waals surface area contributed by atoms with Gasteiger partial charge >= 0.3 is 0 Å². The van der Waals surface area contributed by atoms with Crippen LogP contribution in [0.15, 0.2) is 42.6 Å². The zero-order chi connectivity index (χ0) is 14.8. The first kappa shape index (κ1) is 13.9. The van der Waals surface area contributed by atoms with Crippen LogP contribution in [0.1, 0.15) is 11.3 Å². The van der Waals surface area contributed by atoms with Gasteiger partial charge in [0, 0.05) is 17.8 Å². The molecule has 0 bridgehead atoms. The number of halogens is 1. The van der Waals surface area contributed by atoms with E-state index in [9.17, 15) is 0 Å². The fraction of sp³-hybridized carbons (Fsp3) is 0.188. The van der Waals surface area contributed by atoms with E-state index in [2.05, 4.69) is 10.3 Å². The largest absolute Gasteiger partial charge is 0.437 e. The third-order valence-electron chi connectivity index (χ3n) is 3.28. The summed E-state index contributed by atoms with van der Waals surface area (Å²) in [4.78, 5) is 4.55. The summed E-state index contributed by atoms with van der Waals surface area (Å²) in [5.74, 6) is 1.34. The van der Waals surface area contributed by atoms with Gasteiger partial charge in [0.25, 0.3) is 0 Å². The number of hydrogen-bond acceptors (Lipinski definition) is 3. The molecule has 0 aliphatic carbocycles. The highest BCUT2D eigenvalue weighted by molar-refractivity contribution is 6.31. The van der Waals surface area contributed by atoms with Gasteiger partial charge < -0.3 is 10.1 Å². The minimum absolute atomic E-state index is 0.609. The molecule has 0 fully saturated rings. The van der Waals surface area contributed by atoms with Crippen molar-refractivity contribution in [2.45, 2.75) is 13.5 Å². The van der Waals surface area contributed by atoms with Crippen molar-refractivity contribution < 1.29 is 4.74 Å². The molecule has 0 spiro atoms. The molecule has 21 heavy (non-hydrogen) atoms. The molecule has 0 saturated carbocycles. The van der Waals surface area contributed by atoms with Crippen LogP contribution in [-0.4, -0.2) is 16.4 Å². The Morgan fingerprint density at radius 2 is 2.14 bits per heavy atom. The van der Waals surface area contributed by atoms with Crippen LogP contribution in [0.25, 0.3) is 5.65 Å². The second kappa shape index (κ2) is 5.76. The Bertz CT molecular complexity index is 782.